The van der Waals surface area contributed by atoms with E-state index in [1.807, 2.05) is 0 Å². The standard InChI is InChI=1S/C22H47N/c1-5-6-7-8-9-10-11-12-13-14-15-16-17-18-19-20-21-22(2)23(3)4/h22H,5-21H2,1-4H3. The van der Waals surface area contributed by atoms with Gasteiger partial charge in [0.25, 0.3) is 0 Å². The number of hydrogen-bond acceptors (Lipinski definition) is 1. The molecule has 0 aromatic heterocycles. The van der Waals surface area contributed by atoms with Crippen LogP contribution in [0.5, 0.6) is 0 Å². The summed E-state index contributed by atoms with van der Waals surface area (Å²) in [7, 11) is 4.38. The summed E-state index contributed by atoms with van der Waals surface area (Å²) in [6, 6.07) is 0.752. The van der Waals surface area contributed by atoms with Crippen molar-refractivity contribution in [2.75, 3.05) is 14.1 Å². The van der Waals surface area contributed by atoms with Crippen LogP contribution in [0.25, 0.3) is 0 Å². The van der Waals surface area contributed by atoms with Gasteiger partial charge in [-0.1, -0.05) is 110 Å². The van der Waals surface area contributed by atoms with E-state index in [1.54, 1.807) is 0 Å². The van der Waals surface area contributed by atoms with Gasteiger partial charge in [-0.25, -0.2) is 0 Å². The molecule has 1 atom stereocenters. The van der Waals surface area contributed by atoms with Crippen LogP contribution in [0.2, 0.25) is 0 Å². The van der Waals surface area contributed by atoms with Crippen molar-refractivity contribution in [1.29, 1.82) is 0 Å². The molecule has 1 nitrogen and oxygen atoms in total. The second kappa shape index (κ2) is 18.3. The zero-order valence-electron chi connectivity index (χ0n) is 17.0. The van der Waals surface area contributed by atoms with Gasteiger partial charge in [0.1, 0.15) is 0 Å². The quantitative estimate of drug-likeness (QED) is 0.235. The molecule has 0 aromatic rings. The van der Waals surface area contributed by atoms with E-state index in [4.69, 9.17) is 0 Å². The molecule has 23 heavy (non-hydrogen) atoms. The molecule has 0 spiro atoms. The molecule has 0 N–H and O–H groups in total. The fraction of sp³-hybridized carbons (Fsp3) is 1.00. The predicted molar refractivity (Wildman–Crippen MR) is 107 cm³/mol. The maximum absolute atomic E-state index is 2.34. The fourth-order valence-corrected chi connectivity index (χ4v) is 3.25. The molecule has 0 saturated carbocycles. The molecule has 0 rings (SSSR count). The van der Waals surface area contributed by atoms with E-state index in [1.165, 1.54) is 109 Å². The predicted octanol–water partition coefficient (Wildman–Crippen LogP) is 7.59. The summed E-state index contributed by atoms with van der Waals surface area (Å²) in [5.41, 5.74) is 0. The van der Waals surface area contributed by atoms with E-state index in [0.29, 0.717) is 0 Å². The van der Waals surface area contributed by atoms with Crippen LogP contribution >= 0.6 is 0 Å². The first-order valence-electron chi connectivity index (χ1n) is 10.8. The lowest BCUT2D eigenvalue weighted by atomic mass is 10.0. The molecular formula is C22H47N. The van der Waals surface area contributed by atoms with Crippen LogP contribution < -0.4 is 0 Å². The van der Waals surface area contributed by atoms with E-state index < -0.39 is 0 Å². The molecule has 0 amide bonds. The Labute approximate surface area is 148 Å². The van der Waals surface area contributed by atoms with Gasteiger partial charge in [-0.2, -0.15) is 0 Å². The van der Waals surface area contributed by atoms with Crippen molar-refractivity contribution in [3.63, 3.8) is 0 Å². The first kappa shape index (κ1) is 23.0. The first-order valence-corrected chi connectivity index (χ1v) is 10.8. The van der Waals surface area contributed by atoms with E-state index in [9.17, 15) is 0 Å². The Morgan fingerprint density at radius 3 is 1.13 bits per heavy atom. The van der Waals surface area contributed by atoms with Crippen molar-refractivity contribution >= 4 is 0 Å². The number of nitrogens with zero attached hydrogens (tertiary/aromatic N) is 1. The molecule has 0 heterocycles. The maximum atomic E-state index is 2.34. The summed E-state index contributed by atoms with van der Waals surface area (Å²) in [4.78, 5) is 2.34. The Hall–Kier alpha value is -0.0400. The lowest BCUT2D eigenvalue weighted by molar-refractivity contribution is 0.291. The molecule has 0 aliphatic heterocycles. The minimum absolute atomic E-state index is 0.752. The Morgan fingerprint density at radius 1 is 0.522 bits per heavy atom. The SMILES string of the molecule is CCCCCCCCCCCCCCCCCCC(C)N(C)C. The topological polar surface area (TPSA) is 3.24 Å². The van der Waals surface area contributed by atoms with Gasteiger partial charge in [-0.15, -0.1) is 0 Å². The molecular weight excluding hydrogens is 278 g/mol. The Bertz CT molecular complexity index is 212. The van der Waals surface area contributed by atoms with Gasteiger partial charge < -0.3 is 4.90 Å². The van der Waals surface area contributed by atoms with Crippen LogP contribution in [-0.2, 0) is 0 Å². The van der Waals surface area contributed by atoms with E-state index >= 15 is 0 Å². The van der Waals surface area contributed by atoms with E-state index in [2.05, 4.69) is 32.8 Å². The summed E-state index contributed by atoms with van der Waals surface area (Å²) in [6.07, 6.45) is 24.7. The molecule has 0 bridgehead atoms. The Morgan fingerprint density at radius 2 is 0.826 bits per heavy atom. The van der Waals surface area contributed by atoms with E-state index in [-0.39, 0.29) is 0 Å². The van der Waals surface area contributed by atoms with Crippen molar-refractivity contribution < 1.29 is 0 Å². The van der Waals surface area contributed by atoms with Crippen LogP contribution in [0.15, 0.2) is 0 Å². The molecule has 0 fully saturated rings. The van der Waals surface area contributed by atoms with Crippen molar-refractivity contribution in [1.82, 2.24) is 4.90 Å². The lowest BCUT2D eigenvalue weighted by Gasteiger charge is -2.19. The molecule has 0 aromatic carbocycles. The number of hydrogen-bond donors (Lipinski definition) is 0. The molecule has 0 saturated heterocycles. The second-order valence-electron chi connectivity index (χ2n) is 7.90. The van der Waals surface area contributed by atoms with Crippen molar-refractivity contribution in [3.8, 4) is 0 Å². The molecule has 1 unspecified atom stereocenters. The number of rotatable bonds is 18. The molecule has 0 radical (unpaired) electrons. The van der Waals surface area contributed by atoms with Gasteiger partial charge >= 0.3 is 0 Å². The van der Waals surface area contributed by atoms with Crippen LogP contribution in [0, 0.1) is 0 Å². The highest BCUT2D eigenvalue weighted by atomic mass is 15.1. The third-order valence-electron chi connectivity index (χ3n) is 5.36. The summed E-state index contributed by atoms with van der Waals surface area (Å²) < 4.78 is 0. The third kappa shape index (κ3) is 18.1. The van der Waals surface area contributed by atoms with Crippen molar-refractivity contribution in [2.24, 2.45) is 0 Å². The zero-order chi connectivity index (χ0) is 17.2. The number of unbranched alkanes of at least 4 members (excludes halogenated alkanes) is 15. The average molecular weight is 326 g/mol. The van der Waals surface area contributed by atoms with Crippen LogP contribution in [0.3, 0.4) is 0 Å². The first-order chi connectivity index (χ1) is 11.2. The van der Waals surface area contributed by atoms with Gasteiger partial charge in [-0.05, 0) is 27.4 Å². The highest BCUT2D eigenvalue weighted by molar-refractivity contribution is 4.59. The van der Waals surface area contributed by atoms with Gasteiger partial charge in [0, 0.05) is 6.04 Å². The normalized spacial score (nSPS) is 12.9. The monoisotopic (exact) mass is 325 g/mol. The summed E-state index contributed by atoms with van der Waals surface area (Å²) in [5.74, 6) is 0. The fourth-order valence-electron chi connectivity index (χ4n) is 3.25. The van der Waals surface area contributed by atoms with Gasteiger partial charge in [0.05, 0.1) is 0 Å². The Balaban J connectivity index is 3.03. The summed E-state index contributed by atoms with van der Waals surface area (Å²) in [5, 5.41) is 0. The highest BCUT2D eigenvalue weighted by Crippen LogP contribution is 2.14. The minimum atomic E-state index is 0.752. The average Bonchev–Trinajstić information content (AvgIpc) is 2.54. The van der Waals surface area contributed by atoms with Crippen molar-refractivity contribution in [2.45, 2.75) is 129 Å². The molecule has 0 aliphatic carbocycles. The molecule has 140 valence electrons. The van der Waals surface area contributed by atoms with Crippen molar-refractivity contribution in [3.05, 3.63) is 0 Å². The van der Waals surface area contributed by atoms with Crippen LogP contribution in [0.4, 0.5) is 0 Å². The maximum Gasteiger partial charge on any atom is 0.00608 e. The van der Waals surface area contributed by atoms with Gasteiger partial charge in [0.2, 0.25) is 0 Å². The van der Waals surface area contributed by atoms with Crippen LogP contribution in [0.1, 0.15) is 123 Å². The zero-order valence-corrected chi connectivity index (χ0v) is 17.0. The van der Waals surface area contributed by atoms with Crippen LogP contribution in [-0.4, -0.2) is 25.0 Å². The van der Waals surface area contributed by atoms with Gasteiger partial charge in [0.15, 0.2) is 0 Å². The minimum Gasteiger partial charge on any atom is -0.307 e. The lowest BCUT2D eigenvalue weighted by Crippen LogP contribution is -2.24. The summed E-state index contributed by atoms with van der Waals surface area (Å²) in [6.45, 7) is 4.64. The molecule has 1 heteroatoms. The smallest absolute Gasteiger partial charge is 0.00608 e. The third-order valence-corrected chi connectivity index (χ3v) is 5.36. The highest BCUT2D eigenvalue weighted by Gasteiger charge is 2.03. The Kier molecular flexibility index (Phi) is 18.3. The van der Waals surface area contributed by atoms with Gasteiger partial charge in [-0.3, -0.25) is 0 Å². The summed E-state index contributed by atoms with van der Waals surface area (Å²) >= 11 is 0. The van der Waals surface area contributed by atoms with E-state index in [0.717, 1.165) is 6.04 Å². The largest absolute Gasteiger partial charge is 0.307 e. The molecule has 0 aliphatic rings. The second-order valence-corrected chi connectivity index (χ2v) is 7.90.